The van der Waals surface area contributed by atoms with E-state index in [1.807, 2.05) is 34.0 Å². The van der Waals surface area contributed by atoms with Gasteiger partial charge in [-0.05, 0) is 147 Å². The first-order valence-electron chi connectivity index (χ1n) is 27.5. The van der Waals surface area contributed by atoms with Crippen molar-refractivity contribution < 1.29 is 36.5 Å². The lowest BCUT2D eigenvalue weighted by molar-refractivity contribution is -0.123. The number of aromatic nitrogens is 4. The number of rotatable bonds is 16. The maximum Gasteiger partial charge on any atom is 0.486 e. The number of benzene rings is 2. The molecule has 2 amide bonds. The zero-order valence-corrected chi connectivity index (χ0v) is 53.1. The smallest absolute Gasteiger partial charge is 0.413 e. The number of nitrogens with two attached hydrogens (primary N) is 2. The summed E-state index contributed by atoms with van der Waals surface area (Å²) in [7, 11) is -3.82. The fourth-order valence-electron chi connectivity index (χ4n) is 8.34. The number of anilines is 2. The number of nitrogens with zero attached hydrogens (tertiary/aromatic N) is 6. The zero-order chi connectivity index (χ0) is 59.6. The molecule has 0 aliphatic carbocycles. The Morgan fingerprint density at radius 2 is 1.05 bits per heavy atom. The summed E-state index contributed by atoms with van der Waals surface area (Å²) in [6, 6.07) is 12.1. The third-order valence-electron chi connectivity index (χ3n) is 16.4. The van der Waals surface area contributed by atoms with Crippen molar-refractivity contribution in [2.24, 2.45) is 23.3 Å². The quantitative estimate of drug-likeness (QED) is 0.101. The Labute approximate surface area is 483 Å². The summed E-state index contributed by atoms with van der Waals surface area (Å²) in [5, 5.41) is 0.358. The highest BCUT2D eigenvalue weighted by atomic mass is 79.9. The molecule has 16 nitrogen and oxygen atoms in total. The van der Waals surface area contributed by atoms with E-state index in [1.165, 1.54) is 24.3 Å². The van der Waals surface area contributed by atoms with Gasteiger partial charge in [-0.1, -0.05) is 83.9 Å². The van der Waals surface area contributed by atoms with Crippen molar-refractivity contribution in [1.29, 1.82) is 0 Å². The molecule has 0 atom stereocenters. The maximum absolute atomic E-state index is 13.4. The molecule has 7 rings (SSSR count). The van der Waals surface area contributed by atoms with Crippen molar-refractivity contribution in [2.75, 3.05) is 49.2 Å². The summed E-state index contributed by atoms with van der Waals surface area (Å²) in [5.74, 6) is 1.10. The molecule has 0 radical (unpaired) electrons. The molecule has 0 bridgehead atoms. The zero-order valence-electron chi connectivity index (χ0n) is 49.5. The van der Waals surface area contributed by atoms with Gasteiger partial charge in [0.15, 0.2) is 28.3 Å². The summed E-state index contributed by atoms with van der Waals surface area (Å²) < 4.78 is 54.2. The van der Waals surface area contributed by atoms with Gasteiger partial charge in [0.25, 0.3) is 11.1 Å². The molecule has 0 spiro atoms. The second kappa shape index (κ2) is 27.3. The molecule has 4 N–H and O–H groups in total. The Morgan fingerprint density at radius 1 is 0.675 bits per heavy atom. The van der Waals surface area contributed by atoms with Gasteiger partial charge >= 0.3 is 7.12 Å². The Morgan fingerprint density at radius 3 is 1.44 bits per heavy atom. The average molecular weight is 1210 g/mol. The fourth-order valence-corrected chi connectivity index (χ4v) is 10.6. The number of primary amides is 2. The molecule has 2 aromatic heterocycles. The van der Waals surface area contributed by atoms with Gasteiger partial charge in [-0.15, -0.1) is 0 Å². The highest BCUT2D eigenvalue weighted by molar-refractivity contribution is 9.10. The molecule has 80 heavy (non-hydrogen) atoms. The molecule has 3 fully saturated rings. The lowest BCUT2D eigenvalue weighted by Gasteiger charge is -2.35. The van der Waals surface area contributed by atoms with Crippen LogP contribution in [0.25, 0.3) is 6.08 Å². The largest absolute Gasteiger partial charge is 0.486 e. The molecule has 3 saturated heterocycles. The van der Waals surface area contributed by atoms with Gasteiger partial charge in [-0.2, -0.15) is 0 Å². The fraction of sp³-hybridized carbons (Fsp3) is 0.552. The number of carbonyl (C=O) groups is 2. The number of hydrogen-bond acceptors (Lipinski definition) is 12. The summed E-state index contributed by atoms with van der Waals surface area (Å²) in [5.41, 5.74) is 12.1. The molecule has 0 unspecified atom stereocenters. The van der Waals surface area contributed by atoms with Gasteiger partial charge in [0.1, 0.15) is 16.2 Å². The van der Waals surface area contributed by atoms with E-state index in [0.29, 0.717) is 100 Å². The van der Waals surface area contributed by atoms with Crippen molar-refractivity contribution in [3.63, 3.8) is 0 Å². The van der Waals surface area contributed by atoms with E-state index in [0.717, 1.165) is 11.1 Å². The van der Waals surface area contributed by atoms with Crippen LogP contribution in [0.4, 0.5) is 20.4 Å². The van der Waals surface area contributed by atoms with Crippen LogP contribution >= 0.6 is 15.9 Å². The first-order valence-corrected chi connectivity index (χ1v) is 34.1. The first-order chi connectivity index (χ1) is 37.1. The number of carbonyl (C=O) groups excluding carboxylic acids is 2. The van der Waals surface area contributed by atoms with E-state index >= 15 is 0 Å². The number of piperidine rings is 2. The Hall–Kier alpha value is -5.10. The van der Waals surface area contributed by atoms with Crippen molar-refractivity contribution in [3.8, 4) is 0 Å². The molecule has 0 saturated carbocycles. The van der Waals surface area contributed by atoms with Crippen LogP contribution < -0.4 is 32.4 Å². The molecular weight excluding hydrogens is 1120 g/mol. The van der Waals surface area contributed by atoms with Gasteiger partial charge in [0.05, 0.1) is 43.2 Å². The van der Waals surface area contributed by atoms with E-state index in [2.05, 4.69) is 121 Å². The standard InChI is InChI=1S/C26H37FN4O3Si.C17H18BrFN4O2.C15H31BO3Si/c1-26(2,3)35(4,5)34-16-6-7-22-18-31(17-19-8-10-21(27)11-9-19)25(33)24(29-22)30-14-12-20(13-15-30)23(28)32;18-14-10-23(9-11-1-3-13(19)4-2-11)17(25)16(21-14)22-7-5-12(6-8-22)15(20)24;1-13(2,3)20(8,9)17-12-10-11-16-18-14(4,5)15(6,7)19-16/h6-11,18,20H,12-17H2,1-5H3,(H2,28,32);1-4,10,12H,5-9H2,(H2,20,24);10-11H,12H2,1-9H3/b7-6+;;11-10+. The van der Waals surface area contributed by atoms with Gasteiger partial charge in [0.2, 0.25) is 11.8 Å². The van der Waals surface area contributed by atoms with Crippen LogP contribution in [0.5, 0.6) is 0 Å². The topological polar surface area (TPSA) is 199 Å². The SMILES string of the molecule is CC(C)(C)[Si](C)(C)OC/C=C/c1cn(Cc2ccc(F)cc2)c(=O)c(N2CCC(C(N)=O)CC2)n1.CC1(C)OB(/C=C/CO[Si](C)(C)C(C)(C)C)OC1(C)C.NC(=O)C1CCN(c2nc(Br)cn(Cc3ccc(F)cc3)c2=O)CC1. The number of halogens is 3. The van der Waals surface area contributed by atoms with Crippen molar-refractivity contribution >= 4 is 69.2 Å². The number of hydrogen-bond donors (Lipinski definition) is 2. The highest BCUT2D eigenvalue weighted by Gasteiger charge is 2.50. The van der Waals surface area contributed by atoms with Crippen LogP contribution in [0.3, 0.4) is 0 Å². The van der Waals surface area contributed by atoms with E-state index in [1.54, 1.807) is 45.8 Å². The summed E-state index contributed by atoms with van der Waals surface area (Å²) >= 11 is 3.34. The van der Waals surface area contributed by atoms with Gasteiger partial charge < -0.3 is 48.6 Å². The second-order valence-electron chi connectivity index (χ2n) is 24.9. The molecule has 4 aromatic rings. The van der Waals surface area contributed by atoms with E-state index in [-0.39, 0.29) is 74.8 Å². The predicted octanol–water partition coefficient (Wildman–Crippen LogP) is 10.3. The minimum atomic E-state index is -1.88. The lowest BCUT2D eigenvalue weighted by atomic mass is 9.90. The molecule has 22 heteroatoms. The molecular formula is C58H86BBrF2N8O8Si2. The maximum atomic E-state index is 13.4. The second-order valence-corrected chi connectivity index (χ2v) is 35.4. The van der Waals surface area contributed by atoms with Crippen LogP contribution in [-0.2, 0) is 40.8 Å². The molecule has 2 aromatic carbocycles. The minimum absolute atomic E-state index is 0.117. The lowest BCUT2D eigenvalue weighted by Crippen LogP contribution is -2.42. The van der Waals surface area contributed by atoms with Crippen molar-refractivity contribution in [1.82, 2.24) is 19.1 Å². The summed E-state index contributed by atoms with van der Waals surface area (Å²) in [4.78, 5) is 61.7. The van der Waals surface area contributed by atoms with Gasteiger partial charge in [-0.3, -0.25) is 19.2 Å². The van der Waals surface area contributed by atoms with E-state index < -0.39 is 16.6 Å². The Bertz CT molecular complexity index is 2890. The first kappa shape index (κ1) is 65.7. The van der Waals surface area contributed by atoms with Crippen LogP contribution in [0.1, 0.15) is 112 Å². The Balaban J connectivity index is 0.000000231. The van der Waals surface area contributed by atoms with E-state index in [4.69, 9.17) is 29.6 Å². The normalized spacial score (nSPS) is 17.3. The van der Waals surface area contributed by atoms with Crippen LogP contribution in [-0.4, -0.2) is 105 Å². The predicted molar refractivity (Wildman–Crippen MR) is 325 cm³/mol. The average Bonchev–Trinajstić information content (AvgIpc) is 3.60. The van der Waals surface area contributed by atoms with Crippen molar-refractivity contribution in [3.05, 3.63) is 133 Å². The van der Waals surface area contributed by atoms with Gasteiger partial charge in [-0.25, -0.2) is 18.7 Å². The molecule has 438 valence electrons. The summed E-state index contributed by atoms with van der Waals surface area (Å²) in [6.07, 6.45) is 11.6. The molecule has 5 heterocycles. The Kier molecular flexibility index (Phi) is 22.4. The molecule has 3 aliphatic heterocycles. The van der Waals surface area contributed by atoms with Crippen molar-refractivity contribution in [2.45, 2.75) is 155 Å². The van der Waals surface area contributed by atoms with Crippen LogP contribution in [0.2, 0.25) is 36.3 Å². The van der Waals surface area contributed by atoms with Gasteiger partial charge in [0, 0.05) is 50.4 Å². The third-order valence-corrected chi connectivity index (χ3v) is 25.8. The van der Waals surface area contributed by atoms with Crippen LogP contribution in [0, 0.1) is 23.5 Å². The third kappa shape index (κ3) is 18.2. The van der Waals surface area contributed by atoms with E-state index in [9.17, 15) is 28.0 Å². The molecule has 3 aliphatic rings. The van der Waals surface area contributed by atoms with Crippen LogP contribution in [0.15, 0.2) is 93.2 Å². The monoisotopic (exact) mass is 1210 g/mol. The number of amides is 2. The highest BCUT2D eigenvalue weighted by Crippen LogP contribution is 2.39. The minimum Gasteiger partial charge on any atom is -0.413 e. The summed E-state index contributed by atoms with van der Waals surface area (Å²) in [6.45, 7) is 34.4.